The minimum absolute atomic E-state index is 0.0660. The largest absolute Gasteiger partial charge is 0.462 e. The average molecular weight is 875 g/mol. The van der Waals surface area contributed by atoms with Gasteiger partial charge in [-0.1, -0.05) is 246 Å². The summed E-state index contributed by atoms with van der Waals surface area (Å²) in [5.74, 6) is -0.591. The first-order valence-corrected chi connectivity index (χ1v) is 26.3. The van der Waals surface area contributed by atoms with Crippen LogP contribution in [0.25, 0.3) is 0 Å². The molecule has 0 aromatic rings. The maximum Gasteiger partial charge on any atom is 0.306 e. The highest BCUT2D eigenvalue weighted by molar-refractivity contribution is 5.70. The number of ether oxygens (including phenoxy) is 2. The van der Waals surface area contributed by atoms with Crippen LogP contribution < -0.4 is 0 Å². The highest BCUT2D eigenvalue weighted by Gasteiger charge is 2.16. The van der Waals surface area contributed by atoms with Gasteiger partial charge >= 0.3 is 11.9 Å². The lowest BCUT2D eigenvalue weighted by atomic mass is 10.0. The lowest BCUT2D eigenvalue weighted by Crippen LogP contribution is -2.28. The first kappa shape index (κ1) is 59.8. The molecule has 5 heteroatoms. The van der Waals surface area contributed by atoms with Gasteiger partial charge in [0.05, 0.1) is 6.61 Å². The second-order valence-electron chi connectivity index (χ2n) is 17.2. The van der Waals surface area contributed by atoms with Crippen LogP contribution in [0.3, 0.4) is 0 Å². The summed E-state index contributed by atoms with van der Waals surface area (Å²) >= 11 is 0. The normalized spacial score (nSPS) is 13.0. The smallest absolute Gasteiger partial charge is 0.306 e. The van der Waals surface area contributed by atoms with Crippen LogP contribution in [0.5, 0.6) is 0 Å². The van der Waals surface area contributed by atoms with Gasteiger partial charge < -0.3 is 14.6 Å². The Hall–Kier alpha value is -3.18. The number of allylic oxidation sites excluding steroid dienone is 16. The van der Waals surface area contributed by atoms with E-state index in [1.807, 2.05) is 0 Å². The molecule has 1 unspecified atom stereocenters. The van der Waals surface area contributed by atoms with Crippen LogP contribution in [0.15, 0.2) is 97.2 Å². The van der Waals surface area contributed by atoms with E-state index in [-0.39, 0.29) is 25.2 Å². The third-order valence-corrected chi connectivity index (χ3v) is 11.1. The van der Waals surface area contributed by atoms with E-state index in [0.29, 0.717) is 12.8 Å². The molecular weight excluding hydrogens is 777 g/mol. The maximum absolute atomic E-state index is 12.2. The summed E-state index contributed by atoms with van der Waals surface area (Å²) < 4.78 is 10.6. The van der Waals surface area contributed by atoms with Gasteiger partial charge in [0.1, 0.15) is 6.61 Å². The predicted octanol–water partition coefficient (Wildman–Crippen LogP) is 17.6. The molecule has 5 nitrogen and oxygen atoms in total. The Morgan fingerprint density at radius 3 is 1.03 bits per heavy atom. The van der Waals surface area contributed by atoms with Crippen molar-refractivity contribution in [2.75, 3.05) is 13.2 Å². The van der Waals surface area contributed by atoms with Crippen molar-refractivity contribution in [1.29, 1.82) is 0 Å². The van der Waals surface area contributed by atoms with Crippen molar-refractivity contribution in [3.63, 3.8) is 0 Å². The molecule has 0 aliphatic rings. The van der Waals surface area contributed by atoms with Crippen LogP contribution in [-0.4, -0.2) is 36.4 Å². The summed E-state index contributed by atoms with van der Waals surface area (Å²) in [6, 6.07) is 0. The van der Waals surface area contributed by atoms with Gasteiger partial charge in [-0.25, -0.2) is 0 Å². The SMILES string of the molecule is CC/C=C\C/C=C\C/C=C\C/C=C\C/C=C\C/C=C\C/C=C\C/C=C\CCCCCCCCCCCCCCCCC(=O)OC(CO)COC(=O)CCCCCCCCCCCC. The number of esters is 2. The topological polar surface area (TPSA) is 72.8 Å². The monoisotopic (exact) mass is 875 g/mol. The highest BCUT2D eigenvalue weighted by atomic mass is 16.6. The maximum atomic E-state index is 12.2. The summed E-state index contributed by atoms with van der Waals surface area (Å²) in [7, 11) is 0. The molecule has 1 N–H and O–H groups in total. The number of rotatable bonds is 47. The van der Waals surface area contributed by atoms with Crippen molar-refractivity contribution < 1.29 is 24.2 Å². The Bertz CT molecular complexity index is 1220. The molecule has 0 aliphatic heterocycles. The molecule has 0 aliphatic carbocycles. The van der Waals surface area contributed by atoms with Crippen molar-refractivity contribution in [2.45, 2.75) is 245 Å². The van der Waals surface area contributed by atoms with E-state index < -0.39 is 6.10 Å². The minimum atomic E-state index is -0.772. The second kappa shape index (κ2) is 53.2. The van der Waals surface area contributed by atoms with Gasteiger partial charge in [0.15, 0.2) is 6.10 Å². The third kappa shape index (κ3) is 51.3. The van der Waals surface area contributed by atoms with Crippen LogP contribution in [0.4, 0.5) is 0 Å². The molecule has 360 valence electrons. The van der Waals surface area contributed by atoms with Gasteiger partial charge in [0.25, 0.3) is 0 Å². The Morgan fingerprint density at radius 2 is 0.683 bits per heavy atom. The minimum Gasteiger partial charge on any atom is -0.462 e. The summed E-state index contributed by atoms with van der Waals surface area (Å²) in [4.78, 5) is 24.3. The molecule has 0 amide bonds. The quantitative estimate of drug-likeness (QED) is 0.0375. The van der Waals surface area contributed by atoms with Gasteiger partial charge in [-0.2, -0.15) is 0 Å². The Kier molecular flexibility index (Phi) is 50.5. The fraction of sp³-hybridized carbons (Fsp3) is 0.690. The molecule has 0 rings (SSSR count). The van der Waals surface area contributed by atoms with E-state index >= 15 is 0 Å². The molecule has 0 saturated carbocycles. The lowest BCUT2D eigenvalue weighted by Gasteiger charge is -2.15. The molecule has 0 spiro atoms. The van der Waals surface area contributed by atoms with Crippen LogP contribution in [0, 0.1) is 0 Å². The Morgan fingerprint density at radius 1 is 0.381 bits per heavy atom. The van der Waals surface area contributed by atoms with Crippen LogP contribution in [-0.2, 0) is 19.1 Å². The first-order valence-electron chi connectivity index (χ1n) is 26.3. The summed E-state index contributed by atoms with van der Waals surface area (Å²) in [6.45, 7) is 4.01. The van der Waals surface area contributed by atoms with Gasteiger partial charge in [0, 0.05) is 12.8 Å². The molecule has 0 bridgehead atoms. The standard InChI is InChI=1S/C58H98O5/c1-3-5-7-9-11-13-15-16-17-18-19-20-21-22-23-24-25-26-27-28-29-30-31-32-33-34-35-36-37-38-39-40-41-42-43-45-47-49-51-53-58(61)63-56(54-59)55-62-57(60)52-50-48-46-44-14-12-10-8-6-4-2/h5,7,11,13,16-17,19-20,22-23,25-26,28-29,31-32,56,59H,3-4,6,8-10,12,14-15,18,21,24,27,30,33-55H2,1-2H3/b7-5-,13-11-,17-16-,20-19-,23-22-,26-25-,29-28-,32-31-. The van der Waals surface area contributed by atoms with Crippen molar-refractivity contribution in [2.24, 2.45) is 0 Å². The van der Waals surface area contributed by atoms with E-state index in [9.17, 15) is 14.7 Å². The number of aliphatic hydroxyl groups is 1. The molecule has 0 heterocycles. The van der Waals surface area contributed by atoms with Crippen molar-refractivity contribution in [1.82, 2.24) is 0 Å². The second-order valence-corrected chi connectivity index (χ2v) is 17.2. The fourth-order valence-corrected chi connectivity index (χ4v) is 7.22. The number of hydrogen-bond acceptors (Lipinski definition) is 5. The van der Waals surface area contributed by atoms with Crippen LogP contribution in [0.1, 0.15) is 239 Å². The predicted molar refractivity (Wildman–Crippen MR) is 274 cm³/mol. The van der Waals surface area contributed by atoms with Gasteiger partial charge in [-0.05, 0) is 77.0 Å². The summed E-state index contributed by atoms with van der Waals surface area (Å²) in [5.41, 5.74) is 0. The molecule has 0 fully saturated rings. The Labute approximate surface area is 389 Å². The molecular formula is C58H98O5. The zero-order valence-electron chi connectivity index (χ0n) is 41.1. The zero-order chi connectivity index (χ0) is 45.6. The molecule has 63 heavy (non-hydrogen) atoms. The van der Waals surface area contributed by atoms with E-state index in [2.05, 4.69) is 111 Å². The number of carbonyl (C=O) groups is 2. The average Bonchev–Trinajstić information content (AvgIpc) is 3.29. The number of unbranched alkanes of at least 4 members (excludes halogenated alkanes) is 23. The highest BCUT2D eigenvalue weighted by Crippen LogP contribution is 2.15. The lowest BCUT2D eigenvalue weighted by molar-refractivity contribution is -0.161. The van der Waals surface area contributed by atoms with E-state index in [4.69, 9.17) is 9.47 Å². The number of aliphatic hydroxyl groups excluding tert-OH is 1. The molecule has 1 atom stereocenters. The zero-order valence-corrected chi connectivity index (χ0v) is 41.1. The number of carbonyl (C=O) groups excluding carboxylic acids is 2. The summed E-state index contributed by atoms with van der Waals surface area (Å²) in [5, 5.41) is 9.58. The van der Waals surface area contributed by atoms with Gasteiger partial charge in [0.2, 0.25) is 0 Å². The van der Waals surface area contributed by atoms with Crippen molar-refractivity contribution in [3.8, 4) is 0 Å². The van der Waals surface area contributed by atoms with Gasteiger partial charge in [-0.15, -0.1) is 0 Å². The van der Waals surface area contributed by atoms with Crippen LogP contribution in [0.2, 0.25) is 0 Å². The van der Waals surface area contributed by atoms with Crippen LogP contribution >= 0.6 is 0 Å². The van der Waals surface area contributed by atoms with Gasteiger partial charge in [-0.3, -0.25) is 9.59 Å². The number of hydrogen-bond donors (Lipinski definition) is 1. The molecule has 0 saturated heterocycles. The van der Waals surface area contributed by atoms with E-state index in [1.165, 1.54) is 122 Å². The van der Waals surface area contributed by atoms with Crippen molar-refractivity contribution >= 4 is 11.9 Å². The fourth-order valence-electron chi connectivity index (χ4n) is 7.22. The van der Waals surface area contributed by atoms with E-state index in [1.54, 1.807) is 0 Å². The third-order valence-electron chi connectivity index (χ3n) is 11.1. The molecule has 0 radical (unpaired) electrons. The van der Waals surface area contributed by atoms with E-state index in [0.717, 1.165) is 89.9 Å². The first-order chi connectivity index (χ1) is 31.1. The van der Waals surface area contributed by atoms with Crippen molar-refractivity contribution in [3.05, 3.63) is 97.2 Å². The summed E-state index contributed by atoms with van der Waals surface area (Å²) in [6.07, 6.45) is 75.2. The molecule has 0 aromatic carbocycles. The molecule has 0 aromatic heterocycles. The Balaban J connectivity index is 3.50.